The molecule has 1 aliphatic heterocycles. The normalized spacial score (nSPS) is 12.1. The van der Waals surface area contributed by atoms with Crippen molar-refractivity contribution in [2.24, 2.45) is 0 Å². The molecular weight excluding hydrogens is 256 g/mol. The van der Waals surface area contributed by atoms with Gasteiger partial charge in [0.1, 0.15) is 11.3 Å². The summed E-state index contributed by atoms with van der Waals surface area (Å²) < 4.78 is 20.0. The van der Waals surface area contributed by atoms with Gasteiger partial charge in [0.15, 0.2) is 18.1 Å². The highest BCUT2D eigenvalue weighted by Crippen LogP contribution is 2.38. The van der Waals surface area contributed by atoms with Crippen LogP contribution in [0.3, 0.4) is 0 Å². The molecule has 0 saturated carbocycles. The van der Waals surface area contributed by atoms with Gasteiger partial charge in [0.25, 0.3) is 0 Å². The van der Waals surface area contributed by atoms with Crippen molar-refractivity contribution in [3.05, 3.63) is 17.7 Å². The Morgan fingerprint density at radius 3 is 2.63 bits per heavy atom. The number of carbonyl (C=O) groups is 2. The summed E-state index contributed by atoms with van der Waals surface area (Å²) in [7, 11) is 0. The smallest absolute Gasteiger partial charge is 0.344 e. The second-order valence-electron chi connectivity index (χ2n) is 3.60. The number of fused-ring (bicyclic) bond motifs is 1. The predicted octanol–water partition coefficient (Wildman–Crippen LogP) is 1.06. The molecule has 1 heterocycles. The van der Waals surface area contributed by atoms with E-state index in [9.17, 15) is 9.59 Å². The van der Waals surface area contributed by atoms with Crippen LogP contribution in [0.15, 0.2) is 12.1 Å². The summed E-state index contributed by atoms with van der Waals surface area (Å²) in [4.78, 5) is 22.3. The maximum atomic E-state index is 11.2. The molecule has 0 aromatic heterocycles. The fraction of sp³-hybridized carbons (Fsp3) is 0.333. The molecule has 1 aromatic carbocycles. The van der Waals surface area contributed by atoms with Gasteiger partial charge in [-0.2, -0.15) is 0 Å². The van der Waals surface area contributed by atoms with Gasteiger partial charge in [0, 0.05) is 12.1 Å². The van der Waals surface area contributed by atoms with Gasteiger partial charge >= 0.3 is 11.9 Å². The van der Waals surface area contributed by atoms with Crippen LogP contribution in [-0.2, 0) is 9.53 Å². The summed E-state index contributed by atoms with van der Waals surface area (Å²) in [5.41, 5.74) is -0.103. The van der Waals surface area contributed by atoms with Crippen LogP contribution < -0.4 is 14.2 Å². The first kappa shape index (κ1) is 13.0. The van der Waals surface area contributed by atoms with Crippen LogP contribution in [0.25, 0.3) is 0 Å². The van der Waals surface area contributed by atoms with Crippen LogP contribution in [0.1, 0.15) is 17.3 Å². The molecule has 1 N–H and O–H groups in total. The molecule has 102 valence electrons. The summed E-state index contributed by atoms with van der Waals surface area (Å²) in [6.07, 6.45) is 0. The maximum Gasteiger partial charge on any atom is 0.344 e. The molecule has 0 atom stereocenters. The minimum atomic E-state index is -1.18. The monoisotopic (exact) mass is 268 g/mol. The van der Waals surface area contributed by atoms with Crippen molar-refractivity contribution in [2.75, 3.05) is 20.0 Å². The number of carbonyl (C=O) groups excluding carboxylic acids is 1. The van der Waals surface area contributed by atoms with Gasteiger partial charge in [-0.3, -0.25) is 0 Å². The molecule has 0 radical (unpaired) electrons. The Hall–Kier alpha value is -2.44. The van der Waals surface area contributed by atoms with Crippen LogP contribution >= 0.6 is 0 Å². The quantitative estimate of drug-likeness (QED) is 0.798. The second kappa shape index (κ2) is 5.47. The summed E-state index contributed by atoms with van der Waals surface area (Å²) >= 11 is 0. The van der Waals surface area contributed by atoms with Crippen molar-refractivity contribution in [1.82, 2.24) is 0 Å². The lowest BCUT2D eigenvalue weighted by Gasteiger charge is -2.09. The fourth-order valence-electron chi connectivity index (χ4n) is 1.55. The fourth-order valence-corrected chi connectivity index (χ4v) is 1.55. The SMILES string of the molecule is CCOC(=O)COc1cc2c(cc1C(=O)O)OCO2. The van der Waals surface area contributed by atoms with Crippen molar-refractivity contribution in [3.63, 3.8) is 0 Å². The largest absolute Gasteiger partial charge is 0.481 e. The number of carboxylic acids is 1. The van der Waals surface area contributed by atoms with E-state index in [1.807, 2.05) is 0 Å². The van der Waals surface area contributed by atoms with Gasteiger partial charge in [-0.15, -0.1) is 0 Å². The van der Waals surface area contributed by atoms with Gasteiger partial charge in [-0.1, -0.05) is 0 Å². The van der Waals surface area contributed by atoms with Crippen molar-refractivity contribution in [2.45, 2.75) is 6.92 Å². The van der Waals surface area contributed by atoms with Crippen LogP contribution in [-0.4, -0.2) is 37.1 Å². The summed E-state index contributed by atoms with van der Waals surface area (Å²) in [5.74, 6) is -1.01. The zero-order valence-electron chi connectivity index (χ0n) is 10.2. The Bertz CT molecular complexity index is 509. The Morgan fingerprint density at radius 2 is 2.00 bits per heavy atom. The van der Waals surface area contributed by atoms with Crippen molar-refractivity contribution >= 4 is 11.9 Å². The zero-order chi connectivity index (χ0) is 13.8. The number of aromatic carboxylic acids is 1. The molecule has 0 saturated heterocycles. The number of benzene rings is 1. The Balaban J connectivity index is 2.18. The molecule has 0 aliphatic carbocycles. The summed E-state index contributed by atoms with van der Waals surface area (Å²) in [5, 5.41) is 9.07. The molecule has 0 bridgehead atoms. The van der Waals surface area contributed by atoms with E-state index in [-0.39, 0.29) is 31.3 Å². The third-order valence-electron chi connectivity index (χ3n) is 2.36. The molecule has 0 amide bonds. The van der Waals surface area contributed by atoms with E-state index in [2.05, 4.69) is 4.74 Å². The summed E-state index contributed by atoms with van der Waals surface area (Å²) in [6.45, 7) is 1.56. The van der Waals surface area contributed by atoms with Gasteiger partial charge in [-0.25, -0.2) is 9.59 Å². The number of carboxylic acid groups (broad SMARTS) is 1. The first-order chi connectivity index (χ1) is 9.11. The lowest BCUT2D eigenvalue weighted by Crippen LogP contribution is -2.15. The molecule has 0 fully saturated rings. The lowest BCUT2D eigenvalue weighted by atomic mass is 10.2. The number of ether oxygens (including phenoxy) is 4. The molecule has 1 aromatic rings. The van der Waals surface area contributed by atoms with Crippen LogP contribution in [0.2, 0.25) is 0 Å². The van der Waals surface area contributed by atoms with Crippen molar-refractivity contribution in [3.8, 4) is 17.2 Å². The van der Waals surface area contributed by atoms with Crippen LogP contribution in [0, 0.1) is 0 Å². The molecule has 0 unspecified atom stereocenters. The van der Waals surface area contributed by atoms with Crippen LogP contribution in [0.5, 0.6) is 17.2 Å². The van der Waals surface area contributed by atoms with Gasteiger partial charge in [0.2, 0.25) is 6.79 Å². The van der Waals surface area contributed by atoms with Gasteiger partial charge in [-0.05, 0) is 6.92 Å². The zero-order valence-corrected chi connectivity index (χ0v) is 10.2. The summed E-state index contributed by atoms with van der Waals surface area (Å²) in [6, 6.07) is 2.68. The van der Waals surface area contributed by atoms with E-state index in [1.54, 1.807) is 6.92 Å². The number of hydrogen-bond donors (Lipinski definition) is 1. The minimum absolute atomic E-state index is 0.0235. The Morgan fingerprint density at radius 1 is 1.32 bits per heavy atom. The highest BCUT2D eigenvalue weighted by molar-refractivity contribution is 5.92. The van der Waals surface area contributed by atoms with E-state index in [0.717, 1.165) is 0 Å². The molecule has 7 nitrogen and oxygen atoms in total. The molecule has 0 spiro atoms. The van der Waals surface area contributed by atoms with E-state index in [0.29, 0.717) is 11.5 Å². The Kier molecular flexibility index (Phi) is 3.74. The van der Waals surface area contributed by atoms with Gasteiger partial charge < -0.3 is 24.1 Å². The topological polar surface area (TPSA) is 91.3 Å². The van der Waals surface area contributed by atoms with E-state index < -0.39 is 11.9 Å². The third kappa shape index (κ3) is 2.87. The van der Waals surface area contributed by atoms with E-state index in [1.165, 1.54) is 12.1 Å². The van der Waals surface area contributed by atoms with E-state index in [4.69, 9.17) is 19.3 Å². The number of esters is 1. The highest BCUT2D eigenvalue weighted by atomic mass is 16.7. The molecular formula is C12H12O7. The number of hydrogen-bond acceptors (Lipinski definition) is 6. The first-order valence-corrected chi connectivity index (χ1v) is 5.57. The molecule has 2 rings (SSSR count). The lowest BCUT2D eigenvalue weighted by molar-refractivity contribution is -0.145. The molecule has 19 heavy (non-hydrogen) atoms. The standard InChI is InChI=1S/C12H12O7/c1-2-16-11(13)5-17-8-4-10-9(18-6-19-10)3-7(8)12(14)15/h3-4H,2,5-6H2,1H3,(H,14,15). The minimum Gasteiger partial charge on any atom is -0.481 e. The number of rotatable bonds is 5. The third-order valence-corrected chi connectivity index (χ3v) is 2.36. The average molecular weight is 268 g/mol. The molecule has 7 heteroatoms. The van der Waals surface area contributed by atoms with E-state index >= 15 is 0 Å². The average Bonchev–Trinajstić information content (AvgIpc) is 2.82. The Labute approximate surface area is 108 Å². The van der Waals surface area contributed by atoms with Crippen LogP contribution in [0.4, 0.5) is 0 Å². The predicted molar refractivity (Wildman–Crippen MR) is 61.7 cm³/mol. The highest BCUT2D eigenvalue weighted by Gasteiger charge is 2.22. The second-order valence-corrected chi connectivity index (χ2v) is 3.60. The maximum absolute atomic E-state index is 11.2. The molecule has 1 aliphatic rings. The van der Waals surface area contributed by atoms with Crippen molar-refractivity contribution < 1.29 is 33.6 Å². The first-order valence-electron chi connectivity index (χ1n) is 5.57. The van der Waals surface area contributed by atoms with Gasteiger partial charge in [0.05, 0.1) is 6.61 Å². The van der Waals surface area contributed by atoms with Crippen molar-refractivity contribution in [1.29, 1.82) is 0 Å².